The molecule has 0 atom stereocenters. The van der Waals surface area contributed by atoms with E-state index >= 15 is 0 Å². The number of rotatable bonds is 10. The molecule has 10 rings (SSSR count). The normalized spacial score (nSPS) is 12.7. The number of hydrogen-bond acceptors (Lipinski definition) is 5. The van der Waals surface area contributed by atoms with Crippen LogP contribution < -0.4 is 4.74 Å². The Morgan fingerprint density at radius 1 is 0.523 bits per heavy atom. The number of nitrogens with zero attached hydrogens (tertiary/aromatic N) is 4. The average Bonchev–Trinajstić information content (AvgIpc) is 3.38. The van der Waals surface area contributed by atoms with Crippen LogP contribution in [0.3, 0.4) is 0 Å². The summed E-state index contributed by atoms with van der Waals surface area (Å²) in [5.41, 5.74) is 12.6. The highest BCUT2D eigenvalue weighted by atomic mass is 16.5. The summed E-state index contributed by atoms with van der Waals surface area (Å²) in [6.45, 7) is 6.04. The molecule has 0 bridgehead atoms. The lowest BCUT2D eigenvalue weighted by Gasteiger charge is -2.42. The van der Waals surface area contributed by atoms with Gasteiger partial charge in [0.25, 0.3) is 0 Å². The predicted molar refractivity (Wildman–Crippen MR) is 264 cm³/mol. The van der Waals surface area contributed by atoms with Crippen LogP contribution in [0.4, 0.5) is 0 Å². The minimum absolute atomic E-state index is 0.459. The van der Waals surface area contributed by atoms with E-state index in [-0.39, 0.29) is 0 Å². The van der Waals surface area contributed by atoms with Crippen LogP contribution in [-0.4, -0.2) is 15.0 Å². The lowest BCUT2D eigenvalue weighted by Crippen LogP contribution is -2.39. The number of fused-ring (bicyclic) bond motifs is 3. The summed E-state index contributed by atoms with van der Waals surface area (Å²) in [7, 11) is 0. The first-order valence-electron chi connectivity index (χ1n) is 21.6. The molecule has 0 unspecified atom stereocenters. The minimum atomic E-state index is -1.13. The van der Waals surface area contributed by atoms with E-state index in [1.165, 1.54) is 0 Å². The standard InChI is InChI=1S/C60H42N4O/c1-3-19-42(20-4-2)47-37-48(44-23-11-6-12-24-44)39-49(38-47)58-62-57(46-26-17-25-45(36-46)43-21-9-5-10-22-43)63-59(64-58)54-32-18-31-53-52-34-33-41(40-61)35-55(52)60(65-56(53)54,50-27-13-7-14-28-50)51-29-15-8-16-30-51/h3-39H,1H2,2H3/b20-4-,42-19+. The Morgan fingerprint density at radius 3 is 1.71 bits per heavy atom. The second kappa shape index (κ2) is 17.6. The zero-order valence-corrected chi connectivity index (χ0v) is 35.8. The zero-order valence-electron chi connectivity index (χ0n) is 35.8. The van der Waals surface area contributed by atoms with Crippen molar-refractivity contribution in [2.24, 2.45) is 0 Å². The first kappa shape index (κ1) is 40.4. The van der Waals surface area contributed by atoms with Gasteiger partial charge in [0.2, 0.25) is 0 Å². The van der Waals surface area contributed by atoms with Crippen LogP contribution in [0.5, 0.6) is 5.75 Å². The summed E-state index contributed by atoms with van der Waals surface area (Å²) < 4.78 is 7.62. The molecule has 65 heavy (non-hydrogen) atoms. The molecule has 5 nitrogen and oxygen atoms in total. The molecule has 0 amide bonds. The lowest BCUT2D eigenvalue weighted by molar-refractivity contribution is 0.153. The second-order valence-corrected chi connectivity index (χ2v) is 15.8. The Kier molecular flexibility index (Phi) is 10.9. The molecule has 308 valence electrons. The van der Waals surface area contributed by atoms with E-state index in [9.17, 15) is 5.26 Å². The fraction of sp³-hybridized carbons (Fsp3) is 0.0333. The summed E-state index contributed by atoms with van der Waals surface area (Å²) in [6, 6.07) is 70.3. The summed E-state index contributed by atoms with van der Waals surface area (Å²) >= 11 is 0. The van der Waals surface area contributed by atoms with Gasteiger partial charge in [-0.05, 0) is 88.3 Å². The fourth-order valence-electron chi connectivity index (χ4n) is 8.82. The van der Waals surface area contributed by atoms with Gasteiger partial charge >= 0.3 is 0 Å². The van der Waals surface area contributed by atoms with E-state index in [0.29, 0.717) is 34.3 Å². The van der Waals surface area contributed by atoms with Crippen LogP contribution in [-0.2, 0) is 5.60 Å². The Bertz CT molecular complexity index is 3280. The number of allylic oxidation sites excluding steroid dienone is 5. The molecule has 9 aromatic rings. The van der Waals surface area contributed by atoms with Gasteiger partial charge < -0.3 is 4.74 Å². The van der Waals surface area contributed by atoms with Crippen molar-refractivity contribution in [2.45, 2.75) is 12.5 Å². The molecule has 0 spiro atoms. The zero-order chi connectivity index (χ0) is 44.2. The van der Waals surface area contributed by atoms with Gasteiger partial charge in [0.1, 0.15) is 5.75 Å². The van der Waals surface area contributed by atoms with Gasteiger partial charge in [-0.15, -0.1) is 0 Å². The van der Waals surface area contributed by atoms with Crippen LogP contribution in [0.15, 0.2) is 231 Å². The average molecular weight is 835 g/mol. The van der Waals surface area contributed by atoms with Crippen LogP contribution in [0.25, 0.3) is 73.1 Å². The molecular formula is C60H42N4O. The maximum absolute atomic E-state index is 10.2. The first-order chi connectivity index (χ1) is 32.1. The third kappa shape index (κ3) is 7.64. The maximum Gasteiger partial charge on any atom is 0.185 e. The van der Waals surface area contributed by atoms with Gasteiger partial charge in [-0.25, -0.2) is 15.0 Å². The third-order valence-corrected chi connectivity index (χ3v) is 11.8. The molecule has 0 saturated heterocycles. The van der Waals surface area contributed by atoms with Crippen molar-refractivity contribution >= 4 is 5.57 Å². The highest BCUT2D eigenvalue weighted by Crippen LogP contribution is 2.54. The van der Waals surface area contributed by atoms with Crippen LogP contribution in [0.2, 0.25) is 0 Å². The smallest absolute Gasteiger partial charge is 0.185 e. The molecular weight excluding hydrogens is 793 g/mol. The van der Waals surface area contributed by atoms with Gasteiger partial charge in [-0.3, -0.25) is 0 Å². The quantitative estimate of drug-likeness (QED) is 0.128. The van der Waals surface area contributed by atoms with Crippen molar-refractivity contribution in [1.29, 1.82) is 5.26 Å². The number of ether oxygens (including phenoxy) is 1. The molecule has 5 heteroatoms. The van der Waals surface area contributed by atoms with Gasteiger partial charge in [0.05, 0.1) is 17.2 Å². The first-order valence-corrected chi connectivity index (χ1v) is 21.6. The van der Waals surface area contributed by atoms with Gasteiger partial charge in [0, 0.05) is 33.4 Å². The Labute approximate surface area is 379 Å². The van der Waals surface area contributed by atoms with E-state index in [2.05, 4.69) is 116 Å². The van der Waals surface area contributed by atoms with Crippen molar-refractivity contribution in [1.82, 2.24) is 15.0 Å². The molecule has 0 radical (unpaired) electrons. The van der Waals surface area contributed by atoms with Crippen molar-refractivity contribution in [3.63, 3.8) is 0 Å². The monoisotopic (exact) mass is 834 g/mol. The molecule has 1 aromatic heterocycles. The number of nitriles is 1. The number of hydrogen-bond donors (Lipinski definition) is 0. The third-order valence-electron chi connectivity index (χ3n) is 11.8. The van der Waals surface area contributed by atoms with Crippen LogP contribution in [0, 0.1) is 11.3 Å². The van der Waals surface area contributed by atoms with E-state index in [1.807, 2.05) is 128 Å². The Balaban J connectivity index is 1.25. The number of benzene rings is 8. The van der Waals surface area contributed by atoms with E-state index in [4.69, 9.17) is 19.7 Å². The van der Waals surface area contributed by atoms with Crippen molar-refractivity contribution < 1.29 is 4.74 Å². The maximum atomic E-state index is 10.2. The summed E-state index contributed by atoms with van der Waals surface area (Å²) in [5.74, 6) is 2.12. The van der Waals surface area contributed by atoms with Gasteiger partial charge in [-0.2, -0.15) is 5.26 Å². The van der Waals surface area contributed by atoms with Crippen LogP contribution in [0.1, 0.15) is 34.7 Å². The minimum Gasteiger partial charge on any atom is -0.472 e. The van der Waals surface area contributed by atoms with E-state index in [1.54, 1.807) is 0 Å². The second-order valence-electron chi connectivity index (χ2n) is 15.8. The SMILES string of the molecule is C=C/C=C(\C=C/C)c1cc(-c2ccccc2)cc(-c2nc(-c3cccc(-c4ccccc4)c3)nc(-c3cccc4c3OC(c3ccccc3)(c3ccccc3)c3cc(C#N)ccc3-4)n2)c1. The highest BCUT2D eigenvalue weighted by molar-refractivity contribution is 5.88. The highest BCUT2D eigenvalue weighted by Gasteiger charge is 2.45. The van der Waals surface area contributed by atoms with Gasteiger partial charge in [0.15, 0.2) is 23.1 Å². The lowest BCUT2D eigenvalue weighted by atomic mass is 9.74. The molecule has 8 aromatic carbocycles. The van der Waals surface area contributed by atoms with Crippen molar-refractivity contribution in [3.05, 3.63) is 259 Å². The molecule has 2 heterocycles. The molecule has 1 aliphatic heterocycles. The number of para-hydroxylation sites is 1. The molecule has 0 aliphatic carbocycles. The fourth-order valence-corrected chi connectivity index (χ4v) is 8.82. The Morgan fingerprint density at radius 2 is 1.06 bits per heavy atom. The summed E-state index contributed by atoms with van der Waals surface area (Å²) in [4.78, 5) is 16.0. The molecule has 0 N–H and O–H groups in total. The predicted octanol–water partition coefficient (Wildman–Crippen LogP) is 14.6. The number of aromatic nitrogens is 3. The topological polar surface area (TPSA) is 71.7 Å². The molecule has 0 fully saturated rings. The van der Waals surface area contributed by atoms with E-state index in [0.717, 1.165) is 72.3 Å². The molecule has 1 aliphatic rings. The molecule has 0 saturated carbocycles. The summed E-state index contributed by atoms with van der Waals surface area (Å²) in [5, 5.41) is 10.2. The Hall–Kier alpha value is -8.72. The van der Waals surface area contributed by atoms with Crippen LogP contribution >= 0.6 is 0 Å². The summed E-state index contributed by atoms with van der Waals surface area (Å²) in [6.07, 6.45) is 7.95. The van der Waals surface area contributed by atoms with Gasteiger partial charge in [-0.1, -0.05) is 189 Å². The van der Waals surface area contributed by atoms with Crippen molar-refractivity contribution in [2.75, 3.05) is 0 Å². The largest absolute Gasteiger partial charge is 0.472 e. The van der Waals surface area contributed by atoms with Crippen molar-refractivity contribution in [3.8, 4) is 79.4 Å². The van der Waals surface area contributed by atoms with E-state index < -0.39 is 5.60 Å².